The summed E-state index contributed by atoms with van der Waals surface area (Å²) in [4.78, 5) is 9.49. The maximum atomic E-state index is 9.49. The van der Waals surface area contributed by atoms with Gasteiger partial charge < -0.3 is 25.2 Å². The third kappa shape index (κ3) is 307. The van der Waals surface area contributed by atoms with Crippen molar-refractivity contribution >= 4 is 5.97 Å². The van der Waals surface area contributed by atoms with Crippen molar-refractivity contribution in [3.63, 3.8) is 0 Å². The van der Waals surface area contributed by atoms with Gasteiger partial charge in [0.25, 0.3) is 0 Å². The van der Waals surface area contributed by atoms with Crippen LogP contribution in [0.25, 0.3) is 0 Å². The third-order valence-electron chi connectivity index (χ3n) is 0.348. The molecule has 5 nitrogen and oxygen atoms in total. The van der Waals surface area contributed by atoms with Gasteiger partial charge in [0.15, 0.2) is 0 Å². The van der Waals surface area contributed by atoms with Gasteiger partial charge in [-0.2, -0.15) is 0 Å². The maximum Gasteiger partial charge on any atom is 0.0666 e. The Hall–Kier alpha value is -0.196. The Balaban J connectivity index is -0.0000000459. The molecule has 0 bridgehead atoms. The van der Waals surface area contributed by atoms with Crippen molar-refractivity contribution in [3.8, 4) is 0 Å². The molecule has 6 heteroatoms. The molecule has 0 unspecified atom stereocenters. The molecule has 0 atom stereocenters. The van der Waals surface area contributed by atoms with Gasteiger partial charge in [0, 0.05) is 40.0 Å². The summed E-state index contributed by atoms with van der Waals surface area (Å²) < 4.78 is 0. The van der Waals surface area contributed by atoms with Crippen LogP contribution in [0.2, 0.25) is 0 Å². The first-order valence-electron chi connectivity index (χ1n) is 5.75. The molecule has 0 aromatic carbocycles. The molecule has 3 N–H and O–H groups in total. The second kappa shape index (κ2) is 22.9. The zero-order valence-corrected chi connectivity index (χ0v) is 14.7. The van der Waals surface area contributed by atoms with E-state index in [1.54, 1.807) is 41.5 Å². The van der Waals surface area contributed by atoms with Crippen molar-refractivity contribution in [3.05, 3.63) is 12.2 Å². The average Bonchev–Trinajstić information content (AvgIpc) is 1.99. The van der Waals surface area contributed by atoms with E-state index >= 15 is 0 Å². The first kappa shape index (κ1) is 31.3. The zero-order chi connectivity index (χ0) is 15.9. The van der Waals surface area contributed by atoms with Crippen molar-refractivity contribution < 1.29 is 46.9 Å². The Bertz CT molecular complexity index is 157. The summed E-state index contributed by atoms with van der Waals surface area (Å²) in [6, 6.07) is 0. The number of hydrogen-bond donors (Lipinski definition) is 3. The van der Waals surface area contributed by atoms with Gasteiger partial charge in [-0.1, -0.05) is 6.58 Å². The Morgan fingerprint density at radius 1 is 0.895 bits per heavy atom. The molecule has 0 fully saturated rings. The molecule has 19 heavy (non-hydrogen) atoms. The number of aliphatic carboxylic acids is 1. The van der Waals surface area contributed by atoms with E-state index in [1.807, 2.05) is 0 Å². The topological polar surface area (TPSA) is 101 Å². The normalized spacial score (nSPS) is 8.05. The molecule has 0 aromatic heterocycles. The van der Waals surface area contributed by atoms with E-state index in [9.17, 15) is 9.90 Å². The first-order valence-corrected chi connectivity index (χ1v) is 5.75. The van der Waals surface area contributed by atoms with Crippen LogP contribution in [0, 0.1) is 0 Å². The molecular weight excluding hydrogens is 284 g/mol. The Morgan fingerprint density at radius 3 is 0.947 bits per heavy atom. The van der Waals surface area contributed by atoms with Gasteiger partial charge in [-0.05, 0) is 54.0 Å². The van der Waals surface area contributed by atoms with E-state index in [2.05, 4.69) is 6.58 Å². The molecule has 0 rings (SSSR count). The monoisotopic (exact) mass is 313 g/mol. The molecule has 0 saturated heterocycles. The number of carboxylic acids is 1. The third-order valence-corrected chi connectivity index (χ3v) is 0.348. The molecule has 0 amide bonds. The fraction of sp³-hybridized carbons (Fsp3) is 0.769. The van der Waals surface area contributed by atoms with Crippen LogP contribution < -0.4 is 5.11 Å². The van der Waals surface area contributed by atoms with Crippen LogP contribution in [0.3, 0.4) is 0 Å². The maximum absolute atomic E-state index is 9.49. The largest absolute Gasteiger partial charge is 0.545 e. The van der Waals surface area contributed by atoms with Crippen molar-refractivity contribution in [2.75, 3.05) is 0 Å². The quantitative estimate of drug-likeness (QED) is 0.483. The second-order valence-electron chi connectivity index (χ2n) is 4.35. The van der Waals surface area contributed by atoms with E-state index in [-0.39, 0.29) is 45.6 Å². The summed E-state index contributed by atoms with van der Waals surface area (Å²) in [6.45, 7) is 14.8. The molecule has 0 aliphatic rings. The molecule has 0 aliphatic carbocycles. The fourth-order valence-electron chi connectivity index (χ4n) is 0. The minimum Gasteiger partial charge on any atom is -0.545 e. The molecule has 116 valence electrons. The summed E-state index contributed by atoms with van der Waals surface area (Å²) in [5, 5.41) is 33.7. The predicted molar refractivity (Wildman–Crippen MR) is 71.9 cm³/mol. The van der Waals surface area contributed by atoms with Crippen LogP contribution in [0.15, 0.2) is 12.2 Å². The molecule has 0 saturated carbocycles. The standard InChI is InChI=1S/C4H6O2.3C3H8O.Ti/c1-3(2)4(5)6;3*1-3(2)4;/h1H2,2H3,(H,5,6);3*3-4H,1-2H3;/p-1. The van der Waals surface area contributed by atoms with Crippen molar-refractivity contribution in [2.45, 2.75) is 66.8 Å². The number of carboxylic acid groups (broad SMARTS) is 1. The zero-order valence-electron chi connectivity index (χ0n) is 13.1. The smallest absolute Gasteiger partial charge is 0.0666 e. The Morgan fingerprint density at radius 2 is 0.947 bits per heavy atom. The predicted octanol–water partition coefficient (Wildman–Crippen LogP) is 0.471. The summed E-state index contributed by atoms with van der Waals surface area (Å²) in [5.74, 6) is -1.19. The number of carbonyl (C=O) groups excluding carboxylic acids is 1. The van der Waals surface area contributed by atoms with Gasteiger partial charge in [0.1, 0.15) is 0 Å². The van der Waals surface area contributed by atoms with Crippen LogP contribution in [0.5, 0.6) is 0 Å². The molecule has 0 radical (unpaired) electrons. The Labute approximate surface area is 132 Å². The minimum absolute atomic E-state index is 0. The van der Waals surface area contributed by atoms with Crippen molar-refractivity contribution in [2.24, 2.45) is 0 Å². The molecule has 0 spiro atoms. The SMILES string of the molecule is C=C(C)C(=O)[O-].CC(C)O.CC(C)O.CC(C)O.[Ti]. The van der Waals surface area contributed by atoms with Crippen molar-refractivity contribution in [1.29, 1.82) is 0 Å². The minimum atomic E-state index is -1.19. The van der Waals surface area contributed by atoms with E-state index < -0.39 is 5.97 Å². The number of carbonyl (C=O) groups is 1. The van der Waals surface area contributed by atoms with Crippen molar-refractivity contribution in [1.82, 2.24) is 0 Å². The molecule has 0 aliphatic heterocycles. The van der Waals surface area contributed by atoms with Crippen LogP contribution in [0.4, 0.5) is 0 Å². The second-order valence-corrected chi connectivity index (χ2v) is 4.35. The number of aliphatic hydroxyl groups excluding tert-OH is 3. The van der Waals surface area contributed by atoms with E-state index in [0.29, 0.717) is 0 Å². The van der Waals surface area contributed by atoms with E-state index in [1.165, 1.54) is 6.92 Å². The molecule has 0 aromatic rings. The summed E-state index contributed by atoms with van der Waals surface area (Å²) >= 11 is 0. The van der Waals surface area contributed by atoms with Gasteiger partial charge in [-0.15, -0.1) is 0 Å². The van der Waals surface area contributed by atoms with E-state index in [4.69, 9.17) is 15.3 Å². The van der Waals surface area contributed by atoms with Gasteiger partial charge in [0.2, 0.25) is 0 Å². The van der Waals surface area contributed by atoms with Crippen LogP contribution in [0.1, 0.15) is 48.5 Å². The van der Waals surface area contributed by atoms with E-state index in [0.717, 1.165) is 0 Å². The average molecular weight is 313 g/mol. The summed E-state index contributed by atoms with van der Waals surface area (Å²) in [5.41, 5.74) is 0.0648. The molecule has 0 heterocycles. The van der Waals surface area contributed by atoms with Crippen LogP contribution in [-0.2, 0) is 26.5 Å². The van der Waals surface area contributed by atoms with Gasteiger partial charge in [0.05, 0.1) is 5.97 Å². The Kier molecular flexibility index (Phi) is 37.8. The number of aliphatic hydroxyl groups is 3. The van der Waals surface area contributed by atoms with Crippen LogP contribution in [-0.4, -0.2) is 39.6 Å². The number of rotatable bonds is 1. The molecular formula is C13H29O5Ti-. The van der Waals surface area contributed by atoms with Gasteiger partial charge in [-0.25, -0.2) is 0 Å². The van der Waals surface area contributed by atoms with Crippen LogP contribution >= 0.6 is 0 Å². The fourth-order valence-corrected chi connectivity index (χ4v) is 0. The number of hydrogen-bond acceptors (Lipinski definition) is 5. The van der Waals surface area contributed by atoms with Gasteiger partial charge in [-0.3, -0.25) is 0 Å². The van der Waals surface area contributed by atoms with Gasteiger partial charge >= 0.3 is 0 Å². The summed E-state index contributed by atoms with van der Waals surface area (Å²) in [6.07, 6.45) is -0.500. The first-order chi connectivity index (χ1) is 7.84. The summed E-state index contributed by atoms with van der Waals surface area (Å²) in [7, 11) is 0.